The Kier molecular flexibility index (Phi) is 13.2. The van der Waals surface area contributed by atoms with Crippen molar-refractivity contribution in [2.45, 2.75) is 31.7 Å². The monoisotopic (exact) mass is 684 g/mol. The van der Waals surface area contributed by atoms with Gasteiger partial charge in [-0.15, -0.1) is 0 Å². The van der Waals surface area contributed by atoms with Crippen LogP contribution in [0, 0.1) is 6.92 Å². The van der Waals surface area contributed by atoms with Gasteiger partial charge in [0.25, 0.3) is 0 Å². The van der Waals surface area contributed by atoms with Crippen LogP contribution in [0.4, 0.5) is 18.9 Å². The number of pyridine rings is 1. The van der Waals surface area contributed by atoms with Gasteiger partial charge in [-0.25, -0.2) is 13.0 Å². The van der Waals surface area contributed by atoms with Crippen LogP contribution in [0.25, 0.3) is 17.0 Å². The Hall–Kier alpha value is -1.73. The molecule has 3 aromatic rings. The van der Waals surface area contributed by atoms with Crippen molar-refractivity contribution in [3.8, 4) is 0 Å². The molecule has 37 heavy (non-hydrogen) atoms. The van der Waals surface area contributed by atoms with Gasteiger partial charge >= 0.3 is 5.51 Å². The van der Waals surface area contributed by atoms with Crippen LogP contribution in [0.1, 0.15) is 31.9 Å². The van der Waals surface area contributed by atoms with Crippen LogP contribution in [-0.4, -0.2) is 35.8 Å². The minimum Gasteiger partial charge on any atom is -1.00 e. The molecule has 201 valence electrons. The van der Waals surface area contributed by atoms with E-state index in [1.165, 1.54) is 33.4 Å². The molecule has 0 amide bonds. The number of rotatable bonds is 2. The summed E-state index contributed by atoms with van der Waals surface area (Å²) >= 11 is 0. The van der Waals surface area contributed by atoms with Crippen molar-refractivity contribution < 1.29 is 77.8 Å². The van der Waals surface area contributed by atoms with E-state index in [1.54, 1.807) is 6.92 Å². The minimum atomic E-state index is -6.09. The van der Waals surface area contributed by atoms with E-state index in [9.17, 15) is 13.2 Å². The summed E-state index contributed by atoms with van der Waals surface area (Å²) < 4.78 is 63.4. The van der Waals surface area contributed by atoms with Gasteiger partial charge in [0.15, 0.2) is 22.0 Å². The molecule has 1 aliphatic heterocycles. The number of hydrogen-bond donors (Lipinski definition) is 0. The summed E-state index contributed by atoms with van der Waals surface area (Å²) in [6, 6.07) is 19.4. The number of aryl methyl sites for hydroxylation is 1. The maximum absolute atomic E-state index is 10.7. The van der Waals surface area contributed by atoms with Gasteiger partial charge < -0.3 is 35.5 Å². The first-order chi connectivity index (χ1) is 16.2. The molecule has 1 radical (unpaired) electrons. The van der Waals surface area contributed by atoms with Crippen LogP contribution in [0.5, 0.6) is 0 Å². The summed E-state index contributed by atoms with van der Waals surface area (Å²) in [6.07, 6.45) is 6.69. The standard InChI is InChI=1S/C23H24N2.C2H5.CHF3O3S.HI.V/c1-23(2)19-10-6-8-12-21(19)25(4)22(23)14-13-17-15-18-9-5-7-11-20(18)24(3)16-17;1-2;2-1(3,4)8(5,6)7;;/h5-16H,1-4H3;1H2,2H3;(H,5,6,7);1H;/q+2;-1;;;/p-2/b14-13+;;;;. The molecule has 1 aliphatic rings. The Morgan fingerprint density at radius 3 is 2.03 bits per heavy atom. The molecule has 0 atom stereocenters. The number of aromatic nitrogens is 1. The number of hydrogen-bond acceptors (Lipinski definition) is 3. The van der Waals surface area contributed by atoms with E-state index in [0.29, 0.717) is 0 Å². The van der Waals surface area contributed by atoms with Crippen LogP contribution in [0.3, 0.4) is 0 Å². The van der Waals surface area contributed by atoms with E-state index >= 15 is 0 Å². The molecule has 0 bridgehead atoms. The zero-order chi connectivity index (χ0) is 26.6. The zero-order valence-corrected chi connectivity index (χ0v) is 25.5. The Morgan fingerprint density at radius 2 is 1.49 bits per heavy atom. The number of fused-ring (bicyclic) bond motifs is 2. The van der Waals surface area contributed by atoms with Crippen molar-refractivity contribution >= 4 is 38.5 Å². The van der Waals surface area contributed by atoms with Gasteiger partial charge in [-0.3, -0.25) is 0 Å². The first-order valence-electron chi connectivity index (χ1n) is 10.7. The fraction of sp³-hybridized carbons (Fsp3) is 0.269. The molecule has 0 N–H and O–H groups in total. The van der Waals surface area contributed by atoms with Gasteiger partial charge in [0.2, 0.25) is 11.2 Å². The molecule has 11 heteroatoms. The van der Waals surface area contributed by atoms with E-state index in [-0.39, 0.29) is 47.9 Å². The van der Waals surface area contributed by atoms with E-state index in [1.807, 2.05) is 0 Å². The van der Waals surface area contributed by atoms with Crippen molar-refractivity contribution in [1.29, 1.82) is 0 Å². The summed E-state index contributed by atoms with van der Waals surface area (Å²) in [6.45, 7) is 9.60. The minimum absolute atomic E-state index is 0. The quantitative estimate of drug-likeness (QED) is 0.137. The largest absolute Gasteiger partial charge is 1.00 e. The van der Waals surface area contributed by atoms with Gasteiger partial charge in [-0.1, -0.05) is 30.3 Å². The number of halogens is 4. The molecule has 0 unspecified atom stereocenters. The predicted octanol–water partition coefficient (Wildman–Crippen LogP) is 2.28. The Balaban J connectivity index is 0.000000937. The molecular formula is C26H29F3IN2O3SV-. The normalized spacial score (nSPS) is 14.0. The summed E-state index contributed by atoms with van der Waals surface area (Å²) in [5.74, 6) is 0. The van der Waals surface area contributed by atoms with Crippen molar-refractivity contribution in [3.63, 3.8) is 0 Å². The van der Waals surface area contributed by atoms with Crippen LogP contribution >= 0.6 is 0 Å². The third kappa shape index (κ3) is 8.13. The van der Waals surface area contributed by atoms with Crippen molar-refractivity contribution in [2.24, 2.45) is 7.05 Å². The van der Waals surface area contributed by atoms with Crippen molar-refractivity contribution in [2.75, 3.05) is 7.05 Å². The topological polar surface area (TPSA) is 64.1 Å². The number of benzene rings is 2. The SMILES string of the molecule is C[N+]1=C(/C=C/c2cc3ccccc3[n+](C)c2)C(C)(C)c2ccccc21.O=S(=O)([O-])C(F)(F)F.[CH2-]C.[I-].[V]. The summed E-state index contributed by atoms with van der Waals surface area (Å²) in [7, 11) is -1.82. The molecule has 1 aromatic heterocycles. The Labute approximate surface area is 245 Å². The second kappa shape index (κ2) is 13.9. The van der Waals surface area contributed by atoms with E-state index < -0.39 is 15.6 Å². The first-order valence-corrected chi connectivity index (χ1v) is 12.1. The van der Waals surface area contributed by atoms with Crippen LogP contribution in [0.15, 0.2) is 66.9 Å². The molecule has 0 saturated heterocycles. The van der Waals surface area contributed by atoms with Gasteiger partial charge in [0, 0.05) is 53.3 Å². The molecule has 0 spiro atoms. The maximum atomic E-state index is 10.7. The number of para-hydroxylation sites is 2. The van der Waals surface area contributed by atoms with E-state index in [2.05, 4.69) is 117 Å². The summed E-state index contributed by atoms with van der Waals surface area (Å²) in [5.41, 5.74) is 0.849. The second-order valence-electron chi connectivity index (χ2n) is 8.26. The smallest absolute Gasteiger partial charge is 0.485 e. The number of alkyl halides is 3. The van der Waals surface area contributed by atoms with Gasteiger partial charge in [0.1, 0.15) is 14.1 Å². The summed E-state index contributed by atoms with van der Waals surface area (Å²) in [5, 5.41) is 1.26. The van der Waals surface area contributed by atoms with E-state index in [4.69, 9.17) is 13.0 Å². The van der Waals surface area contributed by atoms with Gasteiger partial charge in [0.05, 0.1) is 5.41 Å². The molecule has 5 nitrogen and oxygen atoms in total. The maximum Gasteiger partial charge on any atom is 0.485 e. The molecule has 2 aromatic carbocycles. The van der Waals surface area contributed by atoms with Crippen molar-refractivity contribution in [3.05, 3.63) is 84.9 Å². The van der Waals surface area contributed by atoms with Crippen LogP contribution < -0.4 is 28.5 Å². The van der Waals surface area contributed by atoms with E-state index in [0.717, 1.165) is 0 Å². The molecule has 2 heterocycles. The second-order valence-corrected chi connectivity index (χ2v) is 9.63. The third-order valence-electron chi connectivity index (χ3n) is 5.64. The summed E-state index contributed by atoms with van der Waals surface area (Å²) in [4.78, 5) is 0. The molecule has 0 saturated carbocycles. The zero-order valence-electron chi connectivity index (χ0n) is 21.1. The average Bonchev–Trinajstić information content (AvgIpc) is 2.98. The first kappa shape index (κ1) is 35.3. The van der Waals surface area contributed by atoms with Crippen molar-refractivity contribution in [1.82, 2.24) is 0 Å². The van der Waals surface area contributed by atoms with Crippen LogP contribution in [0.2, 0.25) is 0 Å². The number of allylic oxidation sites excluding steroid dienone is 1. The Bertz CT molecular complexity index is 1390. The van der Waals surface area contributed by atoms with Crippen LogP contribution in [-0.2, 0) is 41.1 Å². The van der Waals surface area contributed by atoms with Gasteiger partial charge in [-0.05, 0) is 32.1 Å². The predicted molar refractivity (Wildman–Crippen MR) is 131 cm³/mol. The number of nitrogens with zero attached hydrogens (tertiary/aromatic N) is 2. The molecule has 0 fully saturated rings. The molecular weight excluding hydrogens is 655 g/mol. The molecule has 4 rings (SSSR count). The Morgan fingerprint density at radius 1 is 0.973 bits per heavy atom. The molecule has 0 aliphatic carbocycles. The average molecular weight is 684 g/mol. The fourth-order valence-corrected chi connectivity index (χ4v) is 4.01. The fourth-order valence-electron chi connectivity index (χ4n) is 4.01. The van der Waals surface area contributed by atoms with Gasteiger partial charge in [-0.2, -0.15) is 24.7 Å². The third-order valence-corrected chi connectivity index (χ3v) is 6.21.